The van der Waals surface area contributed by atoms with Gasteiger partial charge in [-0.2, -0.15) is 0 Å². The van der Waals surface area contributed by atoms with Crippen molar-refractivity contribution in [2.45, 2.75) is 32.1 Å². The van der Waals surface area contributed by atoms with Gasteiger partial charge in [-0.1, -0.05) is 30.3 Å². The van der Waals surface area contributed by atoms with Gasteiger partial charge >= 0.3 is 5.97 Å². The lowest BCUT2D eigenvalue weighted by molar-refractivity contribution is 0.0234. The molecule has 0 fully saturated rings. The molecular formula is C17H17NO5. The summed E-state index contributed by atoms with van der Waals surface area (Å²) in [5.74, 6) is -1.21. The van der Waals surface area contributed by atoms with Crippen LogP contribution in [-0.2, 0) is 17.8 Å². The van der Waals surface area contributed by atoms with Gasteiger partial charge in [0.15, 0.2) is 0 Å². The molecule has 0 radical (unpaired) electrons. The maximum absolute atomic E-state index is 12.2. The molecule has 23 heavy (non-hydrogen) atoms. The van der Waals surface area contributed by atoms with Crippen molar-refractivity contribution < 1.29 is 23.8 Å². The number of furan rings is 1. The third-order valence-corrected chi connectivity index (χ3v) is 3.97. The Labute approximate surface area is 133 Å². The number of amides is 1. The van der Waals surface area contributed by atoms with Crippen LogP contribution in [0.2, 0.25) is 0 Å². The molecule has 2 heterocycles. The average Bonchev–Trinajstić information content (AvgIpc) is 2.98. The number of rotatable bonds is 5. The summed E-state index contributed by atoms with van der Waals surface area (Å²) in [5.41, 5.74) is 1.06. The zero-order chi connectivity index (χ0) is 16.4. The fraction of sp³-hybridized carbons (Fsp3) is 0.294. The monoisotopic (exact) mass is 315 g/mol. The van der Waals surface area contributed by atoms with Gasteiger partial charge in [0, 0.05) is 6.42 Å². The van der Waals surface area contributed by atoms with Gasteiger partial charge in [-0.25, -0.2) is 4.79 Å². The average molecular weight is 315 g/mol. The number of carbonyl (C=O) groups excluding carboxylic acids is 1. The Kier molecular flexibility index (Phi) is 4.16. The quantitative estimate of drug-likeness (QED) is 0.883. The molecule has 3 rings (SSSR count). The highest BCUT2D eigenvalue weighted by atomic mass is 16.5. The first-order valence-corrected chi connectivity index (χ1v) is 7.36. The number of hydrogen-bond donors (Lipinski definition) is 2. The van der Waals surface area contributed by atoms with Crippen LogP contribution in [0.1, 0.15) is 39.0 Å². The largest absolute Gasteiger partial charge is 0.478 e. The van der Waals surface area contributed by atoms with E-state index < -0.39 is 11.9 Å². The molecule has 6 heteroatoms. The van der Waals surface area contributed by atoms with Gasteiger partial charge in [-0.15, -0.1) is 0 Å². The molecule has 1 aromatic heterocycles. The fourth-order valence-electron chi connectivity index (χ4n) is 2.65. The number of aromatic carboxylic acids is 1. The summed E-state index contributed by atoms with van der Waals surface area (Å²) in [6, 6.07) is 9.49. The summed E-state index contributed by atoms with van der Waals surface area (Å²) in [6.45, 7) is 2.32. The van der Waals surface area contributed by atoms with Crippen molar-refractivity contribution in [1.29, 1.82) is 0 Å². The molecule has 1 unspecified atom stereocenters. The van der Waals surface area contributed by atoms with Gasteiger partial charge in [0.1, 0.15) is 17.6 Å². The second-order valence-electron chi connectivity index (χ2n) is 5.54. The zero-order valence-corrected chi connectivity index (χ0v) is 12.6. The third kappa shape index (κ3) is 3.12. The van der Waals surface area contributed by atoms with E-state index in [1.165, 1.54) is 0 Å². The molecule has 0 saturated heterocycles. The minimum Gasteiger partial charge on any atom is -0.478 e. The first-order valence-electron chi connectivity index (χ1n) is 7.36. The van der Waals surface area contributed by atoms with Gasteiger partial charge < -0.3 is 19.6 Å². The van der Waals surface area contributed by atoms with Gasteiger partial charge in [-0.3, -0.25) is 4.79 Å². The Morgan fingerprint density at radius 3 is 2.87 bits per heavy atom. The highest BCUT2D eigenvalue weighted by Crippen LogP contribution is 2.24. The van der Waals surface area contributed by atoms with Crippen molar-refractivity contribution in [2.75, 3.05) is 0 Å². The van der Waals surface area contributed by atoms with E-state index in [-0.39, 0.29) is 23.3 Å². The number of benzene rings is 1. The van der Waals surface area contributed by atoms with Gasteiger partial charge in [0.05, 0.1) is 24.3 Å². The lowest BCUT2D eigenvalue weighted by Crippen LogP contribution is -2.48. The van der Waals surface area contributed by atoms with Crippen molar-refractivity contribution in [3.05, 3.63) is 59.0 Å². The van der Waals surface area contributed by atoms with Crippen LogP contribution in [0.25, 0.3) is 0 Å². The number of fused-ring (bicyclic) bond motifs is 1. The SMILES string of the molecule is C[C@@H](OCc1ccccc1)C1Cc2occ(C(=O)O)c2C(=O)N1. The molecule has 120 valence electrons. The van der Waals surface area contributed by atoms with E-state index in [4.69, 9.17) is 14.3 Å². The molecule has 0 aliphatic carbocycles. The molecule has 0 spiro atoms. The molecular weight excluding hydrogens is 298 g/mol. The molecule has 6 nitrogen and oxygen atoms in total. The molecule has 1 amide bonds. The third-order valence-electron chi connectivity index (χ3n) is 3.97. The summed E-state index contributed by atoms with van der Waals surface area (Å²) in [4.78, 5) is 23.3. The van der Waals surface area contributed by atoms with E-state index in [2.05, 4.69) is 5.32 Å². The highest BCUT2D eigenvalue weighted by Gasteiger charge is 2.34. The topological polar surface area (TPSA) is 88.8 Å². The Hall–Kier alpha value is -2.60. The van der Waals surface area contributed by atoms with Crippen molar-refractivity contribution in [3.63, 3.8) is 0 Å². The van der Waals surface area contributed by atoms with E-state index >= 15 is 0 Å². The van der Waals surface area contributed by atoms with Crippen LogP contribution in [-0.4, -0.2) is 29.1 Å². The molecule has 2 N–H and O–H groups in total. The minimum absolute atomic E-state index is 0.103. The molecule has 1 aliphatic rings. The molecule has 2 atom stereocenters. The second kappa shape index (κ2) is 6.26. The van der Waals surface area contributed by atoms with Crippen LogP contribution >= 0.6 is 0 Å². The first-order chi connectivity index (χ1) is 11.1. The minimum atomic E-state index is -1.17. The number of carboxylic acids is 1. The summed E-state index contributed by atoms with van der Waals surface area (Å²) in [7, 11) is 0. The van der Waals surface area contributed by atoms with Gasteiger partial charge in [-0.05, 0) is 12.5 Å². The summed E-state index contributed by atoms with van der Waals surface area (Å²) >= 11 is 0. The molecule has 0 saturated carbocycles. The highest BCUT2D eigenvalue weighted by molar-refractivity contribution is 6.06. The summed E-state index contributed by atoms with van der Waals surface area (Å²) in [5, 5.41) is 11.9. The van der Waals surface area contributed by atoms with Crippen LogP contribution in [0.4, 0.5) is 0 Å². The normalized spacial score (nSPS) is 18.1. The van der Waals surface area contributed by atoms with Crippen LogP contribution in [0.5, 0.6) is 0 Å². The Morgan fingerprint density at radius 2 is 2.17 bits per heavy atom. The Morgan fingerprint density at radius 1 is 1.43 bits per heavy atom. The predicted octanol–water partition coefficient (Wildman–Crippen LogP) is 2.24. The lowest BCUT2D eigenvalue weighted by atomic mass is 9.97. The zero-order valence-electron chi connectivity index (χ0n) is 12.6. The van der Waals surface area contributed by atoms with Gasteiger partial charge in [0.2, 0.25) is 0 Å². The van der Waals surface area contributed by atoms with E-state index in [1.54, 1.807) is 0 Å². The van der Waals surface area contributed by atoms with E-state index in [1.807, 2.05) is 37.3 Å². The van der Waals surface area contributed by atoms with E-state index in [9.17, 15) is 9.59 Å². The number of nitrogens with one attached hydrogen (secondary N) is 1. The summed E-state index contributed by atoms with van der Waals surface area (Å²) in [6.07, 6.45) is 1.29. The fourth-order valence-corrected chi connectivity index (χ4v) is 2.65. The maximum atomic E-state index is 12.2. The van der Waals surface area contributed by atoms with Crippen LogP contribution in [0.3, 0.4) is 0 Å². The van der Waals surface area contributed by atoms with E-state index in [0.29, 0.717) is 18.8 Å². The van der Waals surface area contributed by atoms with E-state index in [0.717, 1.165) is 11.8 Å². The van der Waals surface area contributed by atoms with Crippen molar-refractivity contribution in [3.8, 4) is 0 Å². The lowest BCUT2D eigenvalue weighted by Gasteiger charge is -2.28. The number of ether oxygens (including phenoxy) is 1. The maximum Gasteiger partial charge on any atom is 0.339 e. The standard InChI is InChI=1S/C17H17NO5/c1-10(22-8-11-5-3-2-4-6-11)13-7-14-15(16(19)18-13)12(9-23-14)17(20)21/h2-6,9-10,13H,7-8H2,1H3,(H,18,19)(H,20,21)/t10-,13?/m1/s1. The smallest absolute Gasteiger partial charge is 0.339 e. The Balaban J connectivity index is 1.68. The number of carbonyl (C=O) groups is 2. The molecule has 0 bridgehead atoms. The van der Waals surface area contributed by atoms with Crippen molar-refractivity contribution >= 4 is 11.9 Å². The van der Waals surface area contributed by atoms with Crippen LogP contribution in [0, 0.1) is 0 Å². The number of carboxylic acid groups (broad SMARTS) is 1. The number of hydrogen-bond acceptors (Lipinski definition) is 4. The first kappa shape index (κ1) is 15.3. The van der Waals surface area contributed by atoms with Crippen LogP contribution < -0.4 is 5.32 Å². The molecule has 2 aromatic rings. The second-order valence-corrected chi connectivity index (χ2v) is 5.54. The van der Waals surface area contributed by atoms with Gasteiger partial charge in [0.25, 0.3) is 5.91 Å². The predicted molar refractivity (Wildman–Crippen MR) is 81.3 cm³/mol. The van der Waals surface area contributed by atoms with Crippen molar-refractivity contribution in [1.82, 2.24) is 5.32 Å². The molecule has 1 aliphatic heterocycles. The molecule has 1 aromatic carbocycles. The van der Waals surface area contributed by atoms with Crippen LogP contribution in [0.15, 0.2) is 41.0 Å². The van der Waals surface area contributed by atoms with Crippen molar-refractivity contribution in [2.24, 2.45) is 0 Å². The Bertz CT molecular complexity index is 722. The summed E-state index contributed by atoms with van der Waals surface area (Å²) < 4.78 is 11.1.